The van der Waals surface area contributed by atoms with Crippen molar-refractivity contribution in [3.8, 4) is 0 Å². The predicted molar refractivity (Wildman–Crippen MR) is 82.1 cm³/mol. The molecule has 0 amide bonds. The molecule has 0 bridgehead atoms. The van der Waals surface area contributed by atoms with Gasteiger partial charge in [0.2, 0.25) is 0 Å². The first-order valence-electron chi connectivity index (χ1n) is 7.13. The number of carboxylic acids is 1. The number of carboxylic acid groups (broad SMARTS) is 1. The first-order valence-corrected chi connectivity index (χ1v) is 8.62. The number of alkyl halides is 3. The normalized spacial score (nSPS) is 12.3. The smallest absolute Gasteiger partial charge is 0.418 e. The number of halogens is 3. The third-order valence-electron chi connectivity index (χ3n) is 3.39. The highest BCUT2D eigenvalue weighted by Crippen LogP contribution is 2.37. The van der Waals surface area contributed by atoms with Gasteiger partial charge >= 0.3 is 6.18 Å². The Hall–Kier alpha value is -3.22. The summed E-state index contributed by atoms with van der Waals surface area (Å²) in [7, 11) is -4.75. The van der Waals surface area contributed by atoms with Crippen LogP contribution in [0, 0.1) is 6.92 Å². The number of hydrogen-bond donors (Lipinski definition) is 1. The minimum absolute atomic E-state index is 0.0976. The van der Waals surface area contributed by atoms with E-state index in [0.29, 0.717) is 11.8 Å². The molecule has 142 valence electrons. The van der Waals surface area contributed by atoms with Crippen molar-refractivity contribution in [1.29, 1.82) is 0 Å². The van der Waals surface area contributed by atoms with Gasteiger partial charge in [0.05, 0.1) is 17.2 Å². The second-order valence-corrected chi connectivity index (χ2v) is 6.90. The Morgan fingerprint density at radius 1 is 1.22 bits per heavy atom. The number of carbonyl (C=O) groups excluding carboxylic acids is 1. The van der Waals surface area contributed by atoms with E-state index in [4.69, 9.17) is 0 Å². The van der Waals surface area contributed by atoms with Crippen molar-refractivity contribution in [2.45, 2.75) is 18.3 Å². The average molecular weight is 400 g/mol. The number of hydrogen-bond acceptors (Lipinski definition) is 7. The Labute approximate surface area is 149 Å². The van der Waals surface area contributed by atoms with E-state index in [1.807, 2.05) is 0 Å². The molecule has 0 fully saturated rings. The number of nitrogens with one attached hydrogen (secondary N) is 1. The number of aryl methyl sites for hydroxylation is 1. The van der Waals surface area contributed by atoms with Crippen LogP contribution in [-0.4, -0.2) is 34.0 Å². The van der Waals surface area contributed by atoms with Gasteiger partial charge in [-0.2, -0.15) is 26.6 Å². The maximum atomic E-state index is 13.2. The van der Waals surface area contributed by atoms with Gasteiger partial charge in [-0.1, -0.05) is 12.1 Å². The van der Waals surface area contributed by atoms with Gasteiger partial charge in [0, 0.05) is 17.5 Å². The first-order chi connectivity index (χ1) is 12.5. The van der Waals surface area contributed by atoms with Crippen molar-refractivity contribution in [2.24, 2.45) is 0 Å². The van der Waals surface area contributed by atoms with Crippen LogP contribution in [0.3, 0.4) is 0 Å². The van der Waals surface area contributed by atoms with Crippen molar-refractivity contribution in [3.05, 3.63) is 47.3 Å². The fourth-order valence-corrected chi connectivity index (χ4v) is 3.19. The third-order valence-corrected chi connectivity index (χ3v) is 4.52. The number of aromatic carboxylic acids is 1. The average Bonchev–Trinajstić information content (AvgIpc) is 2.97. The van der Waals surface area contributed by atoms with Gasteiger partial charge in [0.25, 0.3) is 21.0 Å². The molecule has 0 aliphatic heterocycles. The van der Waals surface area contributed by atoms with Crippen molar-refractivity contribution in [1.82, 2.24) is 19.6 Å². The number of para-hydroxylation sites is 1. The van der Waals surface area contributed by atoms with Crippen LogP contribution in [0.2, 0.25) is 0 Å². The zero-order valence-corrected chi connectivity index (χ0v) is 14.2. The minimum Gasteiger partial charge on any atom is -0.545 e. The van der Waals surface area contributed by atoms with Gasteiger partial charge in [0.15, 0.2) is 0 Å². The largest absolute Gasteiger partial charge is 0.545 e. The zero-order chi connectivity index (χ0) is 20.0. The molecule has 3 rings (SSSR count). The number of nitrogens with zero attached hydrogens (tertiary/aromatic N) is 4. The molecule has 0 atom stereocenters. The summed E-state index contributed by atoms with van der Waals surface area (Å²) in [4.78, 5) is 18.7. The summed E-state index contributed by atoms with van der Waals surface area (Å²) in [6.07, 6.45) is -3.66. The van der Waals surface area contributed by atoms with Gasteiger partial charge in [0.1, 0.15) is 0 Å². The summed E-state index contributed by atoms with van der Waals surface area (Å²) >= 11 is 0. The molecule has 2 aromatic heterocycles. The number of anilines is 1. The van der Waals surface area contributed by atoms with Crippen LogP contribution < -0.4 is 9.83 Å². The van der Waals surface area contributed by atoms with Crippen LogP contribution in [0.15, 0.2) is 35.6 Å². The van der Waals surface area contributed by atoms with Crippen LogP contribution in [0.25, 0.3) is 5.78 Å². The van der Waals surface area contributed by atoms with Crippen molar-refractivity contribution in [3.63, 3.8) is 0 Å². The highest BCUT2D eigenvalue weighted by atomic mass is 32.2. The molecule has 0 aliphatic carbocycles. The molecule has 2 heterocycles. The number of fused-ring (bicyclic) bond motifs is 1. The molecule has 13 heteroatoms. The number of sulfonamides is 1. The van der Waals surface area contributed by atoms with Crippen LogP contribution in [0.4, 0.5) is 18.9 Å². The van der Waals surface area contributed by atoms with Crippen LogP contribution in [-0.2, 0) is 16.2 Å². The number of benzene rings is 1. The highest BCUT2D eigenvalue weighted by molar-refractivity contribution is 7.92. The fraction of sp³-hybridized carbons (Fsp3) is 0.143. The van der Waals surface area contributed by atoms with Crippen molar-refractivity contribution >= 4 is 27.5 Å². The molecular weight excluding hydrogens is 391 g/mol. The lowest BCUT2D eigenvalue weighted by atomic mass is 10.1. The second kappa shape index (κ2) is 6.19. The molecule has 0 saturated heterocycles. The molecule has 1 aromatic carbocycles. The summed E-state index contributed by atoms with van der Waals surface area (Å²) < 4.78 is 67.1. The molecule has 3 aromatic rings. The summed E-state index contributed by atoms with van der Waals surface area (Å²) in [5, 5.41) is 13.9. The summed E-state index contributed by atoms with van der Waals surface area (Å²) in [6, 6.07) is 3.65. The van der Waals surface area contributed by atoms with Gasteiger partial charge in [-0.05, 0) is 19.1 Å². The lowest BCUT2D eigenvalue weighted by molar-refractivity contribution is -0.254. The molecular formula is C14H9F3N5O4S-. The maximum absolute atomic E-state index is 13.2. The number of aromatic nitrogens is 4. The van der Waals surface area contributed by atoms with Crippen molar-refractivity contribution < 1.29 is 31.5 Å². The van der Waals surface area contributed by atoms with Gasteiger partial charge < -0.3 is 9.90 Å². The van der Waals surface area contributed by atoms with E-state index in [9.17, 15) is 31.5 Å². The monoisotopic (exact) mass is 400 g/mol. The van der Waals surface area contributed by atoms with Gasteiger partial charge in [-0.15, -0.1) is 5.10 Å². The lowest BCUT2D eigenvalue weighted by Gasteiger charge is -2.18. The Balaban J connectivity index is 2.13. The molecule has 27 heavy (non-hydrogen) atoms. The Morgan fingerprint density at radius 3 is 2.56 bits per heavy atom. The van der Waals surface area contributed by atoms with Gasteiger partial charge in [-0.3, -0.25) is 4.72 Å². The minimum atomic E-state index is -5.02. The van der Waals surface area contributed by atoms with Crippen LogP contribution in [0.1, 0.15) is 21.6 Å². The maximum Gasteiger partial charge on any atom is 0.418 e. The predicted octanol–water partition coefficient (Wildman–Crippen LogP) is 0.616. The summed E-state index contributed by atoms with van der Waals surface area (Å²) in [6.45, 7) is 1.62. The van der Waals surface area contributed by atoms with E-state index in [1.54, 1.807) is 11.6 Å². The quantitative estimate of drug-likeness (QED) is 0.679. The fourth-order valence-electron chi connectivity index (χ4n) is 2.21. The molecule has 0 aliphatic rings. The summed E-state index contributed by atoms with van der Waals surface area (Å²) in [5.41, 5.74) is -3.15. The van der Waals surface area contributed by atoms with E-state index in [-0.39, 0.29) is 5.78 Å². The number of rotatable bonds is 4. The standard InChI is InChI=1S/C14H10F3N5O4S/c1-7-5-6-22-12(18-7)19-13(20-22)27(25,26)21-10-8(11(23)24)3-2-4-9(10)14(15,16)17/h2-6,21H,1H3,(H,23,24)/p-1. The molecule has 0 unspecified atom stereocenters. The van der Waals surface area contributed by atoms with E-state index in [0.717, 1.165) is 16.6 Å². The molecule has 9 nitrogen and oxygen atoms in total. The molecule has 0 saturated carbocycles. The van der Waals surface area contributed by atoms with Crippen LogP contribution >= 0.6 is 0 Å². The highest BCUT2D eigenvalue weighted by Gasteiger charge is 2.36. The second-order valence-electron chi connectivity index (χ2n) is 5.33. The van der Waals surface area contributed by atoms with Crippen molar-refractivity contribution in [2.75, 3.05) is 4.72 Å². The van der Waals surface area contributed by atoms with E-state index in [1.165, 1.54) is 12.3 Å². The number of carbonyl (C=O) groups is 1. The zero-order valence-electron chi connectivity index (χ0n) is 13.4. The Morgan fingerprint density at radius 2 is 1.93 bits per heavy atom. The van der Waals surface area contributed by atoms with E-state index < -0.39 is 44.1 Å². The molecule has 0 radical (unpaired) electrons. The SMILES string of the molecule is Cc1ccn2nc(S(=O)(=O)Nc3c(C(=O)[O-])cccc3C(F)(F)F)nc2n1. The third kappa shape index (κ3) is 3.53. The molecule has 1 N–H and O–H groups in total. The van der Waals surface area contributed by atoms with E-state index in [2.05, 4.69) is 15.1 Å². The Kier molecular flexibility index (Phi) is 4.26. The van der Waals surface area contributed by atoms with Crippen LogP contribution in [0.5, 0.6) is 0 Å². The topological polar surface area (TPSA) is 129 Å². The molecule has 0 spiro atoms. The lowest BCUT2D eigenvalue weighted by Crippen LogP contribution is -2.27. The first kappa shape index (κ1) is 18.6. The van der Waals surface area contributed by atoms with Gasteiger partial charge in [-0.25, -0.2) is 9.50 Å². The van der Waals surface area contributed by atoms with E-state index >= 15 is 0 Å². The summed E-state index contributed by atoms with van der Waals surface area (Å²) in [5.74, 6) is -2.08. The Bertz CT molecular complexity index is 1160.